The lowest BCUT2D eigenvalue weighted by atomic mass is 10.1. The average Bonchev–Trinajstić information content (AvgIpc) is 2.33. The van der Waals surface area contributed by atoms with Gasteiger partial charge < -0.3 is 0 Å². The number of hydrogen-bond donors (Lipinski definition) is 0. The van der Waals surface area contributed by atoms with E-state index in [2.05, 4.69) is 55.1 Å². The molecule has 0 N–H and O–H groups in total. The van der Waals surface area contributed by atoms with Crippen molar-refractivity contribution in [2.24, 2.45) is 0 Å². The smallest absolute Gasteiger partial charge is 0.0184 e. The lowest BCUT2D eigenvalue weighted by Gasteiger charge is -1.92. The molecule has 0 radical (unpaired) electrons. The Morgan fingerprint density at radius 1 is 0.800 bits per heavy atom. The van der Waals surface area contributed by atoms with Gasteiger partial charge in [0.15, 0.2) is 0 Å². The van der Waals surface area contributed by atoms with E-state index in [9.17, 15) is 0 Å². The molecule has 0 fully saturated rings. The maximum atomic E-state index is 3.36. The summed E-state index contributed by atoms with van der Waals surface area (Å²) in [6.45, 7) is 9.25. The first-order chi connectivity index (χ1) is 7.38. The van der Waals surface area contributed by atoms with Crippen LogP contribution in [-0.4, -0.2) is 0 Å². The van der Waals surface area contributed by atoms with E-state index in [1.165, 1.54) is 10.8 Å². The molecule has 80 valence electrons. The monoisotopic (exact) mass is 200 g/mol. The van der Waals surface area contributed by atoms with Gasteiger partial charge in [-0.25, -0.2) is 0 Å². The molecule has 2 aromatic rings. The zero-order valence-corrected chi connectivity index (χ0v) is 9.90. The number of benzene rings is 2. The second-order valence-corrected chi connectivity index (χ2v) is 2.76. The van der Waals surface area contributed by atoms with Crippen LogP contribution in [0.1, 0.15) is 20.8 Å². The molecule has 0 aliphatic carbocycles. The fourth-order valence-corrected chi connectivity index (χ4v) is 1.13. The molecule has 0 aliphatic rings. The van der Waals surface area contributed by atoms with E-state index in [4.69, 9.17) is 0 Å². The fraction of sp³-hybridized carbons (Fsp3) is 0.200. The van der Waals surface area contributed by atoms with Crippen molar-refractivity contribution in [3.05, 3.63) is 61.2 Å². The molecule has 0 aliphatic heterocycles. The molecule has 0 amide bonds. The van der Waals surface area contributed by atoms with Gasteiger partial charge in [-0.3, -0.25) is 0 Å². The van der Waals surface area contributed by atoms with Crippen LogP contribution in [0.25, 0.3) is 10.8 Å². The fourth-order valence-electron chi connectivity index (χ4n) is 1.13. The molecule has 0 saturated carbocycles. The van der Waals surface area contributed by atoms with Crippen LogP contribution in [0.15, 0.2) is 61.2 Å². The summed E-state index contributed by atoms with van der Waals surface area (Å²) in [5.41, 5.74) is 0. The quantitative estimate of drug-likeness (QED) is 0.521. The van der Waals surface area contributed by atoms with Crippen molar-refractivity contribution in [3.63, 3.8) is 0 Å². The van der Waals surface area contributed by atoms with Crippen molar-refractivity contribution in [1.82, 2.24) is 0 Å². The van der Waals surface area contributed by atoms with Crippen molar-refractivity contribution in [3.8, 4) is 0 Å². The van der Waals surface area contributed by atoms with Gasteiger partial charge in [0.25, 0.3) is 0 Å². The average molecular weight is 200 g/mol. The Bertz CT molecular complexity index is 309. The lowest BCUT2D eigenvalue weighted by Crippen LogP contribution is -1.67. The first kappa shape index (κ1) is 13.4. The molecule has 0 atom stereocenters. The molecule has 0 heteroatoms. The minimum Gasteiger partial charge on any atom is -0.103 e. The normalized spacial score (nSPS) is 7.93. The van der Waals surface area contributed by atoms with Crippen molar-refractivity contribution >= 4 is 10.8 Å². The molecule has 0 unspecified atom stereocenters. The van der Waals surface area contributed by atoms with Crippen LogP contribution >= 0.6 is 0 Å². The molecule has 0 heterocycles. The lowest BCUT2D eigenvalue weighted by molar-refractivity contribution is 1.50. The van der Waals surface area contributed by atoms with Gasteiger partial charge >= 0.3 is 0 Å². The standard InChI is InChI=1S/C10H8.C3H6.C2H6/c1-2-6-10-8-4-3-7-9(10)5-1;1-3-2;1-2/h1-8H;3H,1H2,2H3;1-2H3. The molecule has 0 nitrogen and oxygen atoms in total. The zero-order chi connectivity index (χ0) is 11.5. The van der Waals surface area contributed by atoms with Crippen molar-refractivity contribution in [2.45, 2.75) is 20.8 Å². The van der Waals surface area contributed by atoms with Gasteiger partial charge in [0.05, 0.1) is 0 Å². The number of rotatable bonds is 0. The van der Waals surface area contributed by atoms with Crippen LogP contribution in [0.2, 0.25) is 0 Å². The van der Waals surface area contributed by atoms with Crippen molar-refractivity contribution < 1.29 is 0 Å². The zero-order valence-electron chi connectivity index (χ0n) is 9.90. The Morgan fingerprint density at radius 3 is 1.20 bits per heavy atom. The van der Waals surface area contributed by atoms with Crippen LogP contribution in [0.5, 0.6) is 0 Å². The summed E-state index contributed by atoms with van der Waals surface area (Å²) in [6, 6.07) is 16.7. The summed E-state index contributed by atoms with van der Waals surface area (Å²) in [5.74, 6) is 0. The van der Waals surface area contributed by atoms with Crippen LogP contribution in [0.3, 0.4) is 0 Å². The molecule has 0 aromatic heterocycles. The van der Waals surface area contributed by atoms with Crippen molar-refractivity contribution in [1.29, 1.82) is 0 Å². The van der Waals surface area contributed by atoms with Gasteiger partial charge in [-0.15, -0.1) is 6.58 Å². The number of allylic oxidation sites excluding steroid dienone is 1. The molecule has 0 bridgehead atoms. The highest BCUT2D eigenvalue weighted by Crippen LogP contribution is 2.11. The van der Waals surface area contributed by atoms with Gasteiger partial charge in [-0.2, -0.15) is 0 Å². The molecule has 0 spiro atoms. The molecule has 2 aromatic carbocycles. The molecular formula is C15H20. The Hall–Kier alpha value is -1.56. The maximum absolute atomic E-state index is 3.36. The molecular weight excluding hydrogens is 180 g/mol. The summed E-state index contributed by atoms with van der Waals surface area (Å²) in [6.07, 6.45) is 1.75. The van der Waals surface area contributed by atoms with Crippen LogP contribution in [-0.2, 0) is 0 Å². The molecule has 15 heavy (non-hydrogen) atoms. The summed E-state index contributed by atoms with van der Waals surface area (Å²) >= 11 is 0. The van der Waals surface area contributed by atoms with Gasteiger partial charge in [-0.1, -0.05) is 68.5 Å². The van der Waals surface area contributed by atoms with E-state index in [1.807, 2.05) is 20.8 Å². The summed E-state index contributed by atoms with van der Waals surface area (Å²) in [5, 5.41) is 2.62. The van der Waals surface area contributed by atoms with Crippen LogP contribution in [0.4, 0.5) is 0 Å². The van der Waals surface area contributed by atoms with Gasteiger partial charge in [-0.05, 0) is 17.7 Å². The highest BCUT2D eigenvalue weighted by atomic mass is 13.9. The second kappa shape index (κ2) is 9.01. The van der Waals surface area contributed by atoms with Crippen LogP contribution < -0.4 is 0 Å². The van der Waals surface area contributed by atoms with E-state index in [0.717, 1.165) is 0 Å². The first-order valence-electron chi connectivity index (χ1n) is 5.39. The number of fused-ring (bicyclic) bond motifs is 1. The third-order valence-corrected chi connectivity index (χ3v) is 1.66. The SMILES string of the molecule is C=CC.CC.c1ccc2ccccc2c1. The Balaban J connectivity index is 0.000000342. The summed E-state index contributed by atoms with van der Waals surface area (Å²) in [7, 11) is 0. The minimum absolute atomic E-state index is 1.31. The minimum atomic E-state index is 1.31. The highest BCUT2D eigenvalue weighted by Gasteiger charge is 1.85. The topological polar surface area (TPSA) is 0 Å². The van der Waals surface area contributed by atoms with Gasteiger partial charge in [0.2, 0.25) is 0 Å². The third kappa shape index (κ3) is 5.02. The molecule has 0 saturated heterocycles. The van der Waals surface area contributed by atoms with Gasteiger partial charge in [0, 0.05) is 0 Å². The predicted octanol–water partition coefficient (Wildman–Crippen LogP) is 5.06. The predicted molar refractivity (Wildman–Crippen MR) is 71.2 cm³/mol. The summed E-state index contributed by atoms with van der Waals surface area (Å²) in [4.78, 5) is 0. The number of hydrogen-bond acceptors (Lipinski definition) is 0. The van der Waals surface area contributed by atoms with E-state index < -0.39 is 0 Å². The van der Waals surface area contributed by atoms with E-state index in [1.54, 1.807) is 6.08 Å². The van der Waals surface area contributed by atoms with E-state index in [-0.39, 0.29) is 0 Å². The Kier molecular flexibility index (Phi) is 8.08. The second-order valence-electron chi connectivity index (χ2n) is 2.76. The van der Waals surface area contributed by atoms with Crippen LogP contribution in [0, 0.1) is 0 Å². The van der Waals surface area contributed by atoms with E-state index >= 15 is 0 Å². The Labute approximate surface area is 93.3 Å². The van der Waals surface area contributed by atoms with Crippen molar-refractivity contribution in [2.75, 3.05) is 0 Å². The van der Waals surface area contributed by atoms with Gasteiger partial charge in [0.1, 0.15) is 0 Å². The maximum Gasteiger partial charge on any atom is -0.0184 e. The molecule has 2 rings (SSSR count). The third-order valence-electron chi connectivity index (χ3n) is 1.66. The van der Waals surface area contributed by atoms with E-state index in [0.29, 0.717) is 0 Å². The highest BCUT2D eigenvalue weighted by molar-refractivity contribution is 5.81. The first-order valence-corrected chi connectivity index (χ1v) is 5.39. The summed E-state index contributed by atoms with van der Waals surface area (Å²) < 4.78 is 0. The largest absolute Gasteiger partial charge is 0.103 e. The Morgan fingerprint density at radius 2 is 1.00 bits per heavy atom.